The molecule has 2 nitrogen and oxygen atoms in total. The summed E-state index contributed by atoms with van der Waals surface area (Å²) in [7, 11) is 3.84. The predicted octanol–water partition coefficient (Wildman–Crippen LogP) is 3.13. The molecule has 1 saturated carbocycles. The molecule has 1 rings (SSSR count). The normalized spacial score (nSPS) is 16.1. The Labute approximate surface area is 99.3 Å². The highest BCUT2D eigenvalue weighted by atomic mass is 16.5. The maximum atomic E-state index is 5.34. The van der Waals surface area contributed by atoms with E-state index in [0.29, 0.717) is 0 Å². The lowest BCUT2D eigenvalue weighted by molar-refractivity contribution is 0.306. The highest BCUT2D eigenvalue weighted by Gasteiger charge is 2.13. The van der Waals surface area contributed by atoms with Crippen LogP contribution in [0, 0.1) is 0 Å². The Morgan fingerprint density at radius 2 is 2.12 bits per heavy atom. The van der Waals surface area contributed by atoms with E-state index in [-0.39, 0.29) is 0 Å². The number of hydrogen-bond donors (Lipinski definition) is 0. The molecule has 0 atom stereocenters. The van der Waals surface area contributed by atoms with Crippen molar-refractivity contribution >= 4 is 0 Å². The Hall–Kier alpha value is -1.02. The van der Waals surface area contributed by atoms with Crippen LogP contribution in [0.25, 0.3) is 0 Å². The number of methoxy groups -OCH3 is 1. The zero-order chi connectivity index (χ0) is 12.0. The van der Waals surface area contributed by atoms with Gasteiger partial charge in [-0.2, -0.15) is 0 Å². The third kappa shape index (κ3) is 4.67. The molecule has 1 aliphatic carbocycles. The third-order valence-electron chi connectivity index (χ3n) is 2.89. The van der Waals surface area contributed by atoms with Gasteiger partial charge in [0, 0.05) is 6.54 Å². The quantitative estimate of drug-likeness (QED) is 0.504. The van der Waals surface area contributed by atoms with Gasteiger partial charge in [-0.25, -0.2) is 0 Å². The van der Waals surface area contributed by atoms with Gasteiger partial charge in [0.1, 0.15) is 5.76 Å². The van der Waals surface area contributed by atoms with Crippen molar-refractivity contribution in [1.82, 2.24) is 4.90 Å². The summed E-state index contributed by atoms with van der Waals surface area (Å²) in [6.45, 7) is 6.35. The Kier molecular flexibility index (Phi) is 5.33. The van der Waals surface area contributed by atoms with Crippen molar-refractivity contribution < 1.29 is 4.74 Å². The highest BCUT2D eigenvalue weighted by molar-refractivity contribution is 5.34. The fourth-order valence-electron chi connectivity index (χ4n) is 1.43. The van der Waals surface area contributed by atoms with Crippen LogP contribution in [0.3, 0.4) is 0 Å². The SMILES string of the molecule is CCN(C)C/C=C/C(=C/C(C)=C1CC1)OC. The largest absolute Gasteiger partial charge is 0.497 e. The van der Waals surface area contributed by atoms with Gasteiger partial charge in [-0.05, 0) is 51.1 Å². The summed E-state index contributed by atoms with van der Waals surface area (Å²) < 4.78 is 5.34. The lowest BCUT2D eigenvalue weighted by Gasteiger charge is -2.09. The maximum absolute atomic E-state index is 5.34. The number of allylic oxidation sites excluding steroid dienone is 4. The van der Waals surface area contributed by atoms with E-state index in [1.165, 1.54) is 18.4 Å². The second kappa shape index (κ2) is 6.54. The summed E-state index contributed by atoms with van der Waals surface area (Å²) >= 11 is 0. The Morgan fingerprint density at radius 1 is 1.44 bits per heavy atom. The Bertz CT molecular complexity index is 307. The molecule has 16 heavy (non-hydrogen) atoms. The first-order valence-corrected chi connectivity index (χ1v) is 5.96. The van der Waals surface area contributed by atoms with Crippen LogP contribution in [0.2, 0.25) is 0 Å². The molecule has 0 N–H and O–H groups in total. The van der Waals surface area contributed by atoms with Crippen molar-refractivity contribution in [2.75, 3.05) is 27.2 Å². The minimum atomic E-state index is 0.946. The molecule has 90 valence electrons. The second-order valence-corrected chi connectivity index (χ2v) is 4.29. The average Bonchev–Trinajstić information content (AvgIpc) is 3.10. The highest BCUT2D eigenvalue weighted by Crippen LogP contribution is 2.32. The molecule has 0 unspecified atom stereocenters. The standard InChI is InChI=1S/C14H23NO/c1-5-15(3)10-6-7-14(16-4)11-12(2)13-8-9-13/h6-7,11H,5,8-10H2,1-4H3/b7-6+,14-11-. The van der Waals surface area contributed by atoms with E-state index in [2.05, 4.69) is 44.0 Å². The van der Waals surface area contributed by atoms with E-state index < -0.39 is 0 Å². The minimum Gasteiger partial charge on any atom is -0.497 e. The summed E-state index contributed by atoms with van der Waals surface area (Å²) in [5.41, 5.74) is 2.93. The van der Waals surface area contributed by atoms with E-state index in [9.17, 15) is 0 Å². The number of hydrogen-bond acceptors (Lipinski definition) is 2. The number of nitrogens with zero attached hydrogens (tertiary/aromatic N) is 1. The minimum absolute atomic E-state index is 0.946. The van der Waals surface area contributed by atoms with Gasteiger partial charge < -0.3 is 9.64 Å². The van der Waals surface area contributed by atoms with Crippen molar-refractivity contribution in [3.63, 3.8) is 0 Å². The molecule has 0 aromatic carbocycles. The molecule has 0 saturated heterocycles. The molecule has 0 spiro atoms. The molecule has 0 bridgehead atoms. The third-order valence-corrected chi connectivity index (χ3v) is 2.89. The lowest BCUT2D eigenvalue weighted by atomic mass is 10.2. The molecule has 1 fully saturated rings. The topological polar surface area (TPSA) is 12.5 Å². The van der Waals surface area contributed by atoms with Crippen molar-refractivity contribution in [3.05, 3.63) is 35.1 Å². The summed E-state index contributed by atoms with van der Waals surface area (Å²) in [5, 5.41) is 0. The van der Waals surface area contributed by atoms with Crippen molar-refractivity contribution in [3.8, 4) is 0 Å². The molecule has 0 radical (unpaired) electrons. The fraction of sp³-hybridized carbons (Fsp3) is 0.571. The van der Waals surface area contributed by atoms with Crippen molar-refractivity contribution in [2.45, 2.75) is 26.7 Å². The summed E-state index contributed by atoms with van der Waals surface area (Å²) in [5.74, 6) is 0.946. The predicted molar refractivity (Wildman–Crippen MR) is 69.3 cm³/mol. The van der Waals surface area contributed by atoms with E-state index in [4.69, 9.17) is 4.74 Å². The molecular weight excluding hydrogens is 198 g/mol. The molecule has 1 aliphatic rings. The monoisotopic (exact) mass is 221 g/mol. The van der Waals surface area contributed by atoms with Crippen LogP contribution >= 0.6 is 0 Å². The molecule has 0 heterocycles. The zero-order valence-corrected chi connectivity index (χ0v) is 10.9. The molecular formula is C14H23NO. The Morgan fingerprint density at radius 3 is 2.62 bits per heavy atom. The van der Waals surface area contributed by atoms with Crippen LogP contribution in [0.15, 0.2) is 35.1 Å². The average molecular weight is 221 g/mol. The van der Waals surface area contributed by atoms with E-state index in [1.54, 1.807) is 12.7 Å². The van der Waals surface area contributed by atoms with Gasteiger partial charge in [0.05, 0.1) is 7.11 Å². The van der Waals surface area contributed by atoms with Crippen LogP contribution in [-0.2, 0) is 4.74 Å². The molecule has 2 heteroatoms. The van der Waals surface area contributed by atoms with Crippen LogP contribution in [-0.4, -0.2) is 32.1 Å². The zero-order valence-electron chi connectivity index (χ0n) is 10.9. The molecule has 0 amide bonds. The molecule has 0 aromatic heterocycles. The summed E-state index contributed by atoms with van der Waals surface area (Å²) in [6, 6.07) is 0. The van der Waals surface area contributed by atoms with Gasteiger partial charge in [0.2, 0.25) is 0 Å². The maximum Gasteiger partial charge on any atom is 0.118 e. The van der Waals surface area contributed by atoms with Gasteiger partial charge in [0.25, 0.3) is 0 Å². The summed E-state index contributed by atoms with van der Waals surface area (Å²) in [4.78, 5) is 2.25. The van der Waals surface area contributed by atoms with Gasteiger partial charge in [-0.15, -0.1) is 0 Å². The first-order chi connectivity index (χ1) is 7.67. The van der Waals surface area contributed by atoms with Gasteiger partial charge >= 0.3 is 0 Å². The van der Waals surface area contributed by atoms with Gasteiger partial charge in [-0.1, -0.05) is 18.6 Å². The van der Waals surface area contributed by atoms with E-state index >= 15 is 0 Å². The number of rotatable bonds is 6. The Balaban J connectivity index is 2.51. The molecule has 0 aromatic rings. The summed E-state index contributed by atoms with van der Waals surface area (Å²) in [6.07, 6.45) is 8.86. The molecule has 0 aliphatic heterocycles. The van der Waals surface area contributed by atoms with Crippen molar-refractivity contribution in [1.29, 1.82) is 0 Å². The van der Waals surface area contributed by atoms with Gasteiger partial charge in [-0.3, -0.25) is 0 Å². The second-order valence-electron chi connectivity index (χ2n) is 4.29. The van der Waals surface area contributed by atoms with E-state index in [1.807, 2.05) is 0 Å². The first kappa shape index (κ1) is 13.0. The van der Waals surface area contributed by atoms with Crippen LogP contribution in [0.4, 0.5) is 0 Å². The van der Waals surface area contributed by atoms with E-state index in [0.717, 1.165) is 18.8 Å². The van der Waals surface area contributed by atoms with Crippen LogP contribution in [0.5, 0.6) is 0 Å². The van der Waals surface area contributed by atoms with Gasteiger partial charge in [0.15, 0.2) is 0 Å². The fourth-order valence-corrected chi connectivity index (χ4v) is 1.43. The smallest absolute Gasteiger partial charge is 0.118 e. The lowest BCUT2D eigenvalue weighted by Crippen LogP contribution is -2.16. The van der Waals surface area contributed by atoms with Crippen LogP contribution < -0.4 is 0 Å². The van der Waals surface area contributed by atoms with Crippen molar-refractivity contribution in [2.24, 2.45) is 0 Å². The number of ether oxygens (including phenoxy) is 1. The number of likely N-dealkylation sites (N-methyl/N-ethyl adjacent to an activating group) is 1. The first-order valence-electron chi connectivity index (χ1n) is 5.96. The van der Waals surface area contributed by atoms with Crippen LogP contribution in [0.1, 0.15) is 26.7 Å².